The van der Waals surface area contributed by atoms with Gasteiger partial charge in [-0.3, -0.25) is 4.79 Å². The molecular weight excluding hydrogens is 358 g/mol. The van der Waals surface area contributed by atoms with Crippen LogP contribution >= 0.6 is 11.3 Å². The SMILES string of the molecule is COC(=O)c1ccc2c(c1)CCN2C(=O)c1sccc1-c1ccc(C)cc1. The van der Waals surface area contributed by atoms with E-state index in [9.17, 15) is 9.59 Å². The third-order valence-corrected chi connectivity index (χ3v) is 5.77. The van der Waals surface area contributed by atoms with Crippen LogP contribution in [0.25, 0.3) is 11.1 Å². The van der Waals surface area contributed by atoms with Crippen molar-refractivity contribution >= 4 is 28.9 Å². The molecule has 3 aromatic rings. The lowest BCUT2D eigenvalue weighted by Crippen LogP contribution is -2.28. The molecule has 1 aliphatic heterocycles. The normalized spacial score (nSPS) is 12.7. The smallest absolute Gasteiger partial charge is 0.337 e. The van der Waals surface area contributed by atoms with Crippen molar-refractivity contribution in [2.75, 3.05) is 18.6 Å². The molecule has 0 atom stereocenters. The van der Waals surface area contributed by atoms with Gasteiger partial charge in [-0.25, -0.2) is 4.79 Å². The van der Waals surface area contributed by atoms with E-state index in [1.807, 2.05) is 30.5 Å². The Hall–Kier alpha value is -2.92. The molecule has 0 aliphatic carbocycles. The minimum absolute atomic E-state index is 0.00476. The number of hydrogen-bond acceptors (Lipinski definition) is 4. The molecule has 27 heavy (non-hydrogen) atoms. The van der Waals surface area contributed by atoms with Gasteiger partial charge < -0.3 is 9.64 Å². The molecule has 4 nitrogen and oxygen atoms in total. The van der Waals surface area contributed by atoms with Gasteiger partial charge in [0.1, 0.15) is 4.88 Å². The van der Waals surface area contributed by atoms with Crippen molar-refractivity contribution in [2.45, 2.75) is 13.3 Å². The molecule has 0 unspecified atom stereocenters. The van der Waals surface area contributed by atoms with Crippen LogP contribution in [0.15, 0.2) is 53.9 Å². The zero-order valence-electron chi connectivity index (χ0n) is 15.2. The number of thiophene rings is 1. The number of aryl methyl sites for hydroxylation is 1. The van der Waals surface area contributed by atoms with Crippen LogP contribution in [-0.2, 0) is 11.2 Å². The number of carbonyl (C=O) groups is 2. The number of methoxy groups -OCH3 is 1. The number of benzene rings is 2. The molecule has 1 aromatic heterocycles. The maximum Gasteiger partial charge on any atom is 0.337 e. The Morgan fingerprint density at radius 2 is 1.85 bits per heavy atom. The molecule has 136 valence electrons. The zero-order chi connectivity index (χ0) is 19.0. The molecule has 0 saturated carbocycles. The average Bonchev–Trinajstić information content (AvgIpc) is 3.34. The first-order chi connectivity index (χ1) is 13.1. The molecule has 0 N–H and O–H groups in total. The lowest BCUT2D eigenvalue weighted by Gasteiger charge is -2.18. The van der Waals surface area contributed by atoms with Crippen molar-refractivity contribution in [3.63, 3.8) is 0 Å². The second kappa shape index (κ2) is 7.00. The highest BCUT2D eigenvalue weighted by atomic mass is 32.1. The van der Waals surface area contributed by atoms with Crippen LogP contribution in [-0.4, -0.2) is 25.5 Å². The Labute approximate surface area is 162 Å². The predicted molar refractivity (Wildman–Crippen MR) is 108 cm³/mol. The number of rotatable bonds is 3. The van der Waals surface area contributed by atoms with Gasteiger partial charge in [0.05, 0.1) is 12.7 Å². The summed E-state index contributed by atoms with van der Waals surface area (Å²) in [5.74, 6) is -0.354. The standard InChI is InChI=1S/C22H19NO3S/c1-14-3-5-15(6-4-14)18-10-12-27-20(18)21(24)23-11-9-16-13-17(22(25)26-2)7-8-19(16)23/h3-8,10,12-13H,9,11H2,1-2H3. The van der Waals surface area contributed by atoms with E-state index in [1.165, 1.54) is 24.0 Å². The van der Waals surface area contributed by atoms with Crippen LogP contribution < -0.4 is 4.90 Å². The first-order valence-electron chi connectivity index (χ1n) is 8.76. The number of amides is 1. The highest BCUT2D eigenvalue weighted by Crippen LogP contribution is 2.35. The third kappa shape index (κ3) is 3.15. The monoisotopic (exact) mass is 377 g/mol. The van der Waals surface area contributed by atoms with Crippen LogP contribution in [0.5, 0.6) is 0 Å². The van der Waals surface area contributed by atoms with E-state index in [4.69, 9.17) is 4.74 Å². The van der Waals surface area contributed by atoms with Crippen molar-refractivity contribution in [1.29, 1.82) is 0 Å². The number of esters is 1. The first-order valence-corrected chi connectivity index (χ1v) is 9.64. The molecule has 0 fully saturated rings. The van der Waals surface area contributed by atoms with Gasteiger partial charge in [0.25, 0.3) is 5.91 Å². The predicted octanol–water partition coefficient (Wildman–Crippen LogP) is 4.71. The van der Waals surface area contributed by atoms with Gasteiger partial charge in [-0.15, -0.1) is 11.3 Å². The molecular formula is C22H19NO3S. The van der Waals surface area contributed by atoms with Gasteiger partial charge in [-0.1, -0.05) is 29.8 Å². The Kier molecular flexibility index (Phi) is 4.54. The molecule has 4 rings (SSSR count). The Bertz CT molecular complexity index is 1020. The van der Waals surface area contributed by atoms with E-state index < -0.39 is 0 Å². The topological polar surface area (TPSA) is 46.6 Å². The lowest BCUT2D eigenvalue weighted by atomic mass is 10.0. The summed E-state index contributed by atoms with van der Waals surface area (Å²) < 4.78 is 4.78. The number of fused-ring (bicyclic) bond motifs is 1. The maximum atomic E-state index is 13.3. The summed E-state index contributed by atoms with van der Waals surface area (Å²) in [4.78, 5) is 27.5. The largest absolute Gasteiger partial charge is 0.465 e. The Morgan fingerprint density at radius 3 is 2.59 bits per heavy atom. The summed E-state index contributed by atoms with van der Waals surface area (Å²) in [6, 6.07) is 15.6. The highest BCUT2D eigenvalue weighted by molar-refractivity contribution is 7.12. The van der Waals surface area contributed by atoms with Gasteiger partial charge in [0.2, 0.25) is 0 Å². The molecule has 1 aliphatic rings. The van der Waals surface area contributed by atoms with Crippen molar-refractivity contribution in [3.05, 3.63) is 75.5 Å². The third-order valence-electron chi connectivity index (χ3n) is 4.86. The fourth-order valence-electron chi connectivity index (χ4n) is 3.42. The molecule has 1 amide bonds. The Balaban J connectivity index is 1.66. The van der Waals surface area contributed by atoms with Crippen LogP contribution in [0.4, 0.5) is 5.69 Å². The van der Waals surface area contributed by atoms with Gasteiger partial charge in [0, 0.05) is 17.8 Å². The number of anilines is 1. The van der Waals surface area contributed by atoms with Crippen molar-refractivity contribution < 1.29 is 14.3 Å². The van der Waals surface area contributed by atoms with Gasteiger partial charge in [-0.2, -0.15) is 0 Å². The molecule has 0 spiro atoms. The summed E-state index contributed by atoms with van der Waals surface area (Å²) >= 11 is 1.46. The molecule has 5 heteroatoms. The van der Waals surface area contributed by atoms with Gasteiger partial charge in [0.15, 0.2) is 0 Å². The molecule has 0 saturated heterocycles. The minimum Gasteiger partial charge on any atom is -0.465 e. The minimum atomic E-state index is -0.359. The van der Waals surface area contributed by atoms with E-state index >= 15 is 0 Å². The quantitative estimate of drug-likeness (QED) is 0.621. The van der Waals surface area contributed by atoms with E-state index in [0.717, 1.165) is 33.7 Å². The molecule has 2 aromatic carbocycles. The first kappa shape index (κ1) is 17.5. The summed E-state index contributed by atoms with van der Waals surface area (Å²) in [5.41, 5.74) is 5.59. The van der Waals surface area contributed by atoms with E-state index in [-0.39, 0.29) is 11.9 Å². The van der Waals surface area contributed by atoms with Gasteiger partial charge >= 0.3 is 5.97 Å². The summed E-state index contributed by atoms with van der Waals surface area (Å²) in [7, 11) is 1.37. The van der Waals surface area contributed by atoms with Crippen LogP contribution in [0.1, 0.15) is 31.2 Å². The van der Waals surface area contributed by atoms with E-state index in [2.05, 4.69) is 24.3 Å². The maximum absolute atomic E-state index is 13.3. The zero-order valence-corrected chi connectivity index (χ0v) is 16.0. The van der Waals surface area contributed by atoms with Crippen LogP contribution in [0.3, 0.4) is 0 Å². The number of ether oxygens (including phenoxy) is 1. The summed E-state index contributed by atoms with van der Waals surface area (Å²) in [5, 5.41) is 1.96. The van der Waals surface area contributed by atoms with Crippen molar-refractivity contribution in [1.82, 2.24) is 0 Å². The van der Waals surface area contributed by atoms with Crippen LogP contribution in [0, 0.1) is 6.92 Å². The Morgan fingerprint density at radius 1 is 1.07 bits per heavy atom. The molecule has 0 bridgehead atoms. The molecule has 2 heterocycles. The second-order valence-corrected chi connectivity index (χ2v) is 7.49. The lowest BCUT2D eigenvalue weighted by molar-refractivity contribution is 0.0600. The van der Waals surface area contributed by atoms with Crippen molar-refractivity contribution in [2.24, 2.45) is 0 Å². The van der Waals surface area contributed by atoms with E-state index in [1.54, 1.807) is 11.0 Å². The number of hydrogen-bond donors (Lipinski definition) is 0. The fraction of sp³-hybridized carbons (Fsp3) is 0.182. The van der Waals surface area contributed by atoms with Crippen molar-refractivity contribution in [3.8, 4) is 11.1 Å². The fourth-order valence-corrected chi connectivity index (χ4v) is 4.28. The second-order valence-electron chi connectivity index (χ2n) is 6.57. The van der Waals surface area contributed by atoms with E-state index in [0.29, 0.717) is 12.1 Å². The summed E-state index contributed by atoms with van der Waals surface area (Å²) in [6.45, 7) is 2.66. The van der Waals surface area contributed by atoms with Crippen LogP contribution in [0.2, 0.25) is 0 Å². The summed E-state index contributed by atoms with van der Waals surface area (Å²) in [6.07, 6.45) is 0.733. The van der Waals surface area contributed by atoms with Gasteiger partial charge in [-0.05, 0) is 54.1 Å². The number of nitrogens with zero attached hydrogens (tertiary/aromatic N) is 1. The average molecular weight is 377 g/mol. The highest BCUT2D eigenvalue weighted by Gasteiger charge is 2.28. The number of carbonyl (C=O) groups excluding carboxylic acids is 2. The molecule has 0 radical (unpaired) electrons.